The van der Waals surface area contributed by atoms with Crippen LogP contribution in [0.1, 0.15) is 61.1 Å². The van der Waals surface area contributed by atoms with E-state index in [4.69, 9.17) is 14.6 Å². The fourth-order valence-electron chi connectivity index (χ4n) is 5.92. The third-order valence-corrected chi connectivity index (χ3v) is 7.94. The molecule has 9 heteroatoms. The van der Waals surface area contributed by atoms with Crippen LogP contribution in [0.4, 0.5) is 4.79 Å². The van der Waals surface area contributed by atoms with Crippen LogP contribution < -0.4 is 14.8 Å². The van der Waals surface area contributed by atoms with Gasteiger partial charge in [-0.15, -0.1) is 10.2 Å². The molecule has 0 radical (unpaired) electrons. The summed E-state index contributed by atoms with van der Waals surface area (Å²) in [4.78, 5) is 15.8. The number of carboxylic acid groups (broad SMARTS) is 1. The molecular formula is C34H39N5O4. The molecule has 0 bridgehead atoms. The van der Waals surface area contributed by atoms with E-state index in [1.54, 1.807) is 14.2 Å². The van der Waals surface area contributed by atoms with Gasteiger partial charge in [0.05, 0.1) is 26.8 Å². The molecule has 5 aromatic rings. The van der Waals surface area contributed by atoms with Crippen LogP contribution in [0.5, 0.6) is 11.5 Å². The van der Waals surface area contributed by atoms with E-state index >= 15 is 0 Å². The molecule has 2 heterocycles. The van der Waals surface area contributed by atoms with Crippen molar-refractivity contribution in [3.05, 3.63) is 107 Å². The van der Waals surface area contributed by atoms with Gasteiger partial charge in [-0.3, -0.25) is 0 Å². The lowest BCUT2D eigenvalue weighted by Gasteiger charge is -2.37. The zero-order valence-corrected chi connectivity index (χ0v) is 25.3. The van der Waals surface area contributed by atoms with Crippen molar-refractivity contribution >= 4 is 17.0 Å². The van der Waals surface area contributed by atoms with E-state index < -0.39 is 12.1 Å². The van der Waals surface area contributed by atoms with Crippen molar-refractivity contribution in [1.82, 2.24) is 25.1 Å². The van der Waals surface area contributed by atoms with Crippen LogP contribution in [-0.2, 0) is 19.4 Å². The minimum Gasteiger partial charge on any atom is -0.497 e. The highest BCUT2D eigenvalue weighted by Crippen LogP contribution is 2.46. The number of para-hydroxylation sites is 1. The molecule has 5 rings (SSSR count). The number of aryl methyl sites for hydroxylation is 2. The molecule has 0 saturated carbocycles. The summed E-state index contributed by atoms with van der Waals surface area (Å²) < 4.78 is 13.2. The first-order chi connectivity index (χ1) is 20.7. The lowest BCUT2D eigenvalue weighted by molar-refractivity contribution is 0.176. The SMILES string of the molecule is COc1ccc(Cn2c(CCc3ccccc3)nnc2C(NC(=O)O)[C@@H](c2c[nH]c3ccccc23)C(C)(C)C)c(OC)c1. The maximum absolute atomic E-state index is 12.4. The molecule has 0 aliphatic heterocycles. The largest absolute Gasteiger partial charge is 0.497 e. The first-order valence-corrected chi connectivity index (χ1v) is 14.4. The summed E-state index contributed by atoms with van der Waals surface area (Å²) >= 11 is 0. The summed E-state index contributed by atoms with van der Waals surface area (Å²) in [6.45, 7) is 6.76. The Kier molecular flexibility index (Phi) is 8.71. The van der Waals surface area contributed by atoms with Crippen molar-refractivity contribution in [2.75, 3.05) is 14.2 Å². The zero-order valence-electron chi connectivity index (χ0n) is 25.3. The van der Waals surface area contributed by atoms with Gasteiger partial charge in [-0.25, -0.2) is 4.79 Å². The Morgan fingerprint density at radius 1 is 0.977 bits per heavy atom. The molecule has 3 N–H and O–H groups in total. The number of benzene rings is 3. The lowest BCUT2D eigenvalue weighted by atomic mass is 9.72. The average Bonchev–Trinajstić information content (AvgIpc) is 3.59. The first kappa shape index (κ1) is 29.7. The molecule has 3 aromatic carbocycles. The summed E-state index contributed by atoms with van der Waals surface area (Å²) in [6.07, 6.45) is 2.26. The number of hydrogen-bond acceptors (Lipinski definition) is 5. The van der Waals surface area contributed by atoms with Gasteiger partial charge in [0.1, 0.15) is 17.3 Å². The molecule has 0 spiro atoms. The maximum Gasteiger partial charge on any atom is 0.405 e. The average molecular weight is 582 g/mol. The normalized spacial score (nSPS) is 13.0. The quantitative estimate of drug-likeness (QED) is 0.159. The van der Waals surface area contributed by atoms with E-state index in [-0.39, 0.29) is 11.3 Å². The van der Waals surface area contributed by atoms with E-state index in [2.05, 4.69) is 54.4 Å². The molecule has 0 fully saturated rings. The van der Waals surface area contributed by atoms with Crippen molar-refractivity contribution in [3.63, 3.8) is 0 Å². The minimum atomic E-state index is -1.12. The molecule has 0 aliphatic carbocycles. The number of aromatic amines is 1. The summed E-state index contributed by atoms with van der Waals surface area (Å²) in [5, 5.41) is 23.4. The smallest absolute Gasteiger partial charge is 0.405 e. The van der Waals surface area contributed by atoms with Crippen LogP contribution >= 0.6 is 0 Å². The Hall–Kier alpha value is -4.79. The Morgan fingerprint density at radius 2 is 1.72 bits per heavy atom. The van der Waals surface area contributed by atoms with E-state index in [0.29, 0.717) is 30.3 Å². The third kappa shape index (κ3) is 6.51. The molecule has 1 amide bonds. The highest BCUT2D eigenvalue weighted by Gasteiger charge is 2.40. The molecule has 0 aliphatic rings. The Balaban J connectivity index is 1.65. The highest BCUT2D eigenvalue weighted by molar-refractivity contribution is 5.84. The number of amides is 1. The van der Waals surface area contributed by atoms with Gasteiger partial charge in [0, 0.05) is 41.1 Å². The zero-order chi connectivity index (χ0) is 30.6. The van der Waals surface area contributed by atoms with Crippen molar-refractivity contribution in [1.29, 1.82) is 0 Å². The molecule has 224 valence electrons. The Morgan fingerprint density at radius 3 is 2.42 bits per heavy atom. The lowest BCUT2D eigenvalue weighted by Crippen LogP contribution is -2.38. The van der Waals surface area contributed by atoms with Gasteiger partial charge in [0.25, 0.3) is 0 Å². The van der Waals surface area contributed by atoms with Crippen molar-refractivity contribution in [3.8, 4) is 11.5 Å². The van der Waals surface area contributed by atoms with Crippen LogP contribution in [0.2, 0.25) is 0 Å². The summed E-state index contributed by atoms with van der Waals surface area (Å²) in [5.74, 6) is 2.39. The standard InChI is InChI=1S/C34H39N5O4/c1-34(2,3)30(26-20-35-27-14-10-9-13-25(26)27)31(36-33(40)41)32-38-37-29(18-15-22-11-7-6-8-12-22)39(32)21-23-16-17-24(42-4)19-28(23)43-5/h6-14,16-17,19-20,30-31,35-36H,15,18,21H2,1-5H3,(H,40,41)/t30-,31?/m1/s1. The predicted octanol–water partition coefficient (Wildman–Crippen LogP) is 6.75. The molecular weight excluding hydrogens is 542 g/mol. The number of methoxy groups -OCH3 is 2. The van der Waals surface area contributed by atoms with Crippen LogP contribution in [0, 0.1) is 5.41 Å². The maximum atomic E-state index is 12.4. The minimum absolute atomic E-state index is 0.276. The number of hydrogen-bond donors (Lipinski definition) is 3. The van der Waals surface area contributed by atoms with Gasteiger partial charge < -0.3 is 29.4 Å². The number of aromatic nitrogens is 4. The second-order valence-corrected chi connectivity index (χ2v) is 11.8. The fraction of sp³-hybridized carbons (Fsp3) is 0.324. The van der Waals surface area contributed by atoms with Crippen molar-refractivity contribution in [2.24, 2.45) is 5.41 Å². The third-order valence-electron chi connectivity index (χ3n) is 7.94. The Labute approximate surface area is 251 Å². The van der Waals surface area contributed by atoms with Crippen LogP contribution in [0.25, 0.3) is 10.9 Å². The van der Waals surface area contributed by atoms with Gasteiger partial charge in [-0.1, -0.05) is 69.3 Å². The van der Waals surface area contributed by atoms with E-state index in [0.717, 1.165) is 34.3 Å². The molecule has 0 saturated heterocycles. The van der Waals surface area contributed by atoms with Crippen LogP contribution in [-0.4, -0.2) is 45.2 Å². The van der Waals surface area contributed by atoms with Crippen LogP contribution in [0.3, 0.4) is 0 Å². The number of H-pyrrole nitrogens is 1. The van der Waals surface area contributed by atoms with E-state index in [9.17, 15) is 9.90 Å². The monoisotopic (exact) mass is 581 g/mol. The number of nitrogens with one attached hydrogen (secondary N) is 2. The summed E-state index contributed by atoms with van der Waals surface area (Å²) in [6, 6.07) is 23.3. The first-order valence-electron chi connectivity index (χ1n) is 14.4. The second-order valence-electron chi connectivity index (χ2n) is 11.8. The number of ether oxygens (including phenoxy) is 2. The highest BCUT2D eigenvalue weighted by atomic mass is 16.5. The number of rotatable bonds is 11. The van der Waals surface area contributed by atoms with Crippen molar-refractivity contribution in [2.45, 2.75) is 52.1 Å². The fourth-order valence-corrected chi connectivity index (χ4v) is 5.92. The molecule has 2 atom stereocenters. The topological polar surface area (TPSA) is 114 Å². The number of nitrogens with zero attached hydrogens (tertiary/aromatic N) is 3. The molecule has 1 unspecified atom stereocenters. The molecule has 2 aromatic heterocycles. The number of fused-ring (bicyclic) bond motifs is 1. The predicted molar refractivity (Wildman–Crippen MR) is 167 cm³/mol. The molecule has 9 nitrogen and oxygen atoms in total. The van der Waals surface area contributed by atoms with Crippen molar-refractivity contribution < 1.29 is 19.4 Å². The van der Waals surface area contributed by atoms with Crippen LogP contribution in [0.15, 0.2) is 79.0 Å². The van der Waals surface area contributed by atoms with Gasteiger partial charge in [-0.05, 0) is 41.2 Å². The van der Waals surface area contributed by atoms with Gasteiger partial charge in [0.15, 0.2) is 5.82 Å². The van der Waals surface area contributed by atoms with E-state index in [1.807, 2.05) is 65.4 Å². The second kappa shape index (κ2) is 12.6. The van der Waals surface area contributed by atoms with E-state index in [1.165, 1.54) is 5.56 Å². The number of carbonyl (C=O) groups is 1. The van der Waals surface area contributed by atoms with Gasteiger partial charge in [-0.2, -0.15) is 0 Å². The van der Waals surface area contributed by atoms with Gasteiger partial charge >= 0.3 is 6.09 Å². The van der Waals surface area contributed by atoms with Gasteiger partial charge in [0.2, 0.25) is 0 Å². The molecule has 43 heavy (non-hydrogen) atoms. The summed E-state index contributed by atoms with van der Waals surface area (Å²) in [5.41, 5.74) is 3.75. The Bertz CT molecular complexity index is 1690. The summed E-state index contributed by atoms with van der Waals surface area (Å²) in [7, 11) is 3.25.